The quantitative estimate of drug-likeness (QED) is 0.142. The van der Waals surface area contributed by atoms with Crippen molar-refractivity contribution in [3.8, 4) is 34.8 Å². The van der Waals surface area contributed by atoms with Gasteiger partial charge < -0.3 is 34.1 Å². The van der Waals surface area contributed by atoms with E-state index in [1.807, 2.05) is 50.4 Å². The maximum absolute atomic E-state index is 13.4. The molecule has 2 bridgehead atoms. The van der Waals surface area contributed by atoms with E-state index in [2.05, 4.69) is 27.8 Å². The Bertz CT molecular complexity index is 1970. The van der Waals surface area contributed by atoms with E-state index in [0.29, 0.717) is 46.8 Å². The number of hydrogen-bond donors (Lipinski definition) is 2. The molecule has 2 unspecified atom stereocenters. The molecule has 5 atom stereocenters. The summed E-state index contributed by atoms with van der Waals surface area (Å²) in [4.78, 5) is 30.6. The fourth-order valence-corrected chi connectivity index (χ4v) is 8.40. The number of phenolic OH excluding ortho intramolecular Hbond substituents is 1. The Morgan fingerprint density at radius 1 is 1.12 bits per heavy atom. The average molecular weight is 693 g/mol. The fourth-order valence-electron chi connectivity index (χ4n) is 8.40. The van der Waals surface area contributed by atoms with Crippen LogP contribution >= 0.6 is 0 Å². The van der Waals surface area contributed by atoms with Crippen molar-refractivity contribution in [3.05, 3.63) is 94.1 Å². The van der Waals surface area contributed by atoms with Gasteiger partial charge in [-0.1, -0.05) is 49.1 Å². The van der Waals surface area contributed by atoms with Gasteiger partial charge in [-0.15, -0.1) is 0 Å². The van der Waals surface area contributed by atoms with Crippen LogP contribution in [-0.2, 0) is 22.4 Å². The van der Waals surface area contributed by atoms with Crippen LogP contribution in [0.1, 0.15) is 51.0 Å². The van der Waals surface area contributed by atoms with Crippen molar-refractivity contribution >= 4 is 18.1 Å². The lowest BCUT2D eigenvalue weighted by molar-refractivity contribution is -0.117. The van der Waals surface area contributed by atoms with Gasteiger partial charge >= 0.3 is 6.16 Å². The zero-order valence-electron chi connectivity index (χ0n) is 29.0. The Labute approximate surface area is 296 Å². The second kappa shape index (κ2) is 13.7. The number of ether oxygens (including phenoxy) is 5. The van der Waals surface area contributed by atoms with E-state index in [1.165, 1.54) is 19.3 Å². The van der Waals surface area contributed by atoms with E-state index in [1.54, 1.807) is 13.0 Å². The largest absolute Gasteiger partial charge is 0.514 e. The Morgan fingerprint density at radius 2 is 1.88 bits per heavy atom. The number of fused-ring (bicyclic) bond motifs is 9. The molecule has 4 heterocycles. The van der Waals surface area contributed by atoms with Crippen LogP contribution in [0.2, 0.25) is 0 Å². The molecule has 51 heavy (non-hydrogen) atoms. The summed E-state index contributed by atoms with van der Waals surface area (Å²) in [5, 5.41) is 25.7. The molecule has 1 amide bonds. The van der Waals surface area contributed by atoms with Gasteiger partial charge in [0.15, 0.2) is 23.0 Å². The predicted molar refractivity (Wildman–Crippen MR) is 187 cm³/mol. The van der Waals surface area contributed by atoms with Crippen molar-refractivity contribution in [2.75, 3.05) is 34.1 Å². The zero-order chi connectivity index (χ0) is 36.0. The predicted octanol–water partition coefficient (Wildman–Crippen LogP) is 5.05. The van der Waals surface area contributed by atoms with Crippen LogP contribution < -0.4 is 24.3 Å². The van der Waals surface area contributed by atoms with Gasteiger partial charge in [0, 0.05) is 47.0 Å². The number of phenols is 1. The molecule has 0 aromatic heterocycles. The molecule has 12 heteroatoms. The zero-order valence-corrected chi connectivity index (χ0v) is 29.0. The first-order chi connectivity index (χ1) is 24.7. The number of likely N-dealkylation sites (N-methyl/N-ethyl adjacent to an activating group) is 1. The molecule has 7 rings (SSSR count). The summed E-state index contributed by atoms with van der Waals surface area (Å²) in [6.07, 6.45) is 4.58. The number of nitrogens with zero attached hydrogens (tertiary/aromatic N) is 3. The molecule has 1 saturated heterocycles. The highest BCUT2D eigenvalue weighted by molar-refractivity contribution is 5.91. The molecule has 3 aromatic carbocycles. The van der Waals surface area contributed by atoms with Crippen LogP contribution in [0.25, 0.3) is 6.08 Å². The number of rotatable bonds is 8. The van der Waals surface area contributed by atoms with E-state index in [9.17, 15) is 20.0 Å². The summed E-state index contributed by atoms with van der Waals surface area (Å²) in [7, 11) is 3.51. The summed E-state index contributed by atoms with van der Waals surface area (Å²) in [6, 6.07) is 11.8. The molecule has 0 radical (unpaired) electrons. The summed E-state index contributed by atoms with van der Waals surface area (Å²) >= 11 is 0. The molecule has 0 aliphatic carbocycles. The number of amides is 1. The minimum absolute atomic E-state index is 0.0401. The lowest BCUT2D eigenvalue weighted by atomic mass is 9.71. The van der Waals surface area contributed by atoms with Crippen molar-refractivity contribution in [2.45, 2.75) is 56.9 Å². The standard InChI is InChI=1S/C39H40N4O8/c1-6-14-48-39(46)51-36-22(3)37-38(50-20-49-37)32-25(36)17-27-33-31-24(15-21(2)35(47-5)34(31)45)16-26(42(33)4)28(18-40)43(27)29(32)19-41-30(44)13-12-23-10-8-7-9-11-23/h6-13,15,26-29,33,45H,1,14,16-17,19-20H2,2-5H3,(H,41,44)/b13-12+/t26?,27-,28-,29-,33?/m0/s1. The third kappa shape index (κ3) is 5.72. The summed E-state index contributed by atoms with van der Waals surface area (Å²) < 4.78 is 28.9. The number of aromatic hydroxyl groups is 1. The Morgan fingerprint density at radius 3 is 2.61 bits per heavy atom. The molecule has 2 N–H and O–H groups in total. The number of carbonyl (C=O) groups excluding carboxylic acids is 2. The van der Waals surface area contributed by atoms with Crippen LogP contribution in [0.3, 0.4) is 0 Å². The van der Waals surface area contributed by atoms with Crippen molar-refractivity contribution in [1.82, 2.24) is 15.1 Å². The molecule has 4 aliphatic heterocycles. The van der Waals surface area contributed by atoms with E-state index < -0.39 is 30.3 Å². The molecule has 1 fully saturated rings. The highest BCUT2D eigenvalue weighted by atomic mass is 16.7. The minimum atomic E-state index is -0.908. The van der Waals surface area contributed by atoms with E-state index in [0.717, 1.165) is 22.3 Å². The number of piperazine rings is 1. The van der Waals surface area contributed by atoms with Gasteiger partial charge in [-0.2, -0.15) is 5.26 Å². The third-order valence-electron chi connectivity index (χ3n) is 10.5. The van der Waals surface area contributed by atoms with Crippen LogP contribution in [0.4, 0.5) is 4.79 Å². The Balaban J connectivity index is 1.39. The summed E-state index contributed by atoms with van der Waals surface area (Å²) in [5.74, 6) is 1.31. The molecular weight excluding hydrogens is 652 g/mol. The smallest absolute Gasteiger partial charge is 0.504 e. The first-order valence-corrected chi connectivity index (χ1v) is 16.9. The highest BCUT2D eigenvalue weighted by Gasteiger charge is 2.57. The minimum Gasteiger partial charge on any atom is -0.504 e. The fraction of sp³-hybridized carbons (Fsp3) is 0.359. The Hall–Kier alpha value is -5.51. The molecule has 0 saturated carbocycles. The van der Waals surface area contributed by atoms with Crippen molar-refractivity contribution in [2.24, 2.45) is 0 Å². The lowest BCUT2D eigenvalue weighted by Gasteiger charge is -2.60. The van der Waals surface area contributed by atoms with Crippen LogP contribution in [-0.4, -0.2) is 79.2 Å². The third-order valence-corrected chi connectivity index (χ3v) is 10.5. The highest BCUT2D eigenvalue weighted by Crippen LogP contribution is 2.58. The van der Waals surface area contributed by atoms with Crippen LogP contribution in [0.5, 0.6) is 28.7 Å². The summed E-state index contributed by atoms with van der Waals surface area (Å²) in [6.45, 7) is 7.30. The second-order valence-electron chi connectivity index (χ2n) is 13.2. The first kappa shape index (κ1) is 34.0. The first-order valence-electron chi connectivity index (χ1n) is 16.9. The number of benzene rings is 3. The molecule has 4 aliphatic rings. The number of nitrogens with one attached hydrogen (secondary N) is 1. The number of methoxy groups -OCH3 is 1. The monoisotopic (exact) mass is 692 g/mol. The normalized spacial score (nSPS) is 23.0. The van der Waals surface area contributed by atoms with Crippen molar-refractivity contribution in [1.29, 1.82) is 5.26 Å². The number of hydrogen-bond acceptors (Lipinski definition) is 11. The number of aryl methyl sites for hydroxylation is 1. The SMILES string of the molecule is C=CCOC(=O)Oc1c(C)c2c(c3c1C[C@H]1C4c5c(cc(C)c(OC)c5O)CC([C@H](C#N)N1[C@H]3CNC(=O)/C=C/c1ccccc1)N4C)OCO2. The number of carbonyl (C=O) groups is 2. The van der Waals surface area contributed by atoms with Gasteiger partial charge in [-0.05, 0) is 56.5 Å². The van der Waals surface area contributed by atoms with Crippen molar-refractivity contribution < 1.29 is 38.4 Å². The van der Waals surface area contributed by atoms with Crippen molar-refractivity contribution in [3.63, 3.8) is 0 Å². The maximum Gasteiger partial charge on any atom is 0.514 e. The van der Waals surface area contributed by atoms with Gasteiger partial charge in [-0.25, -0.2) is 4.79 Å². The van der Waals surface area contributed by atoms with Gasteiger partial charge in [0.2, 0.25) is 12.7 Å². The van der Waals surface area contributed by atoms with Gasteiger partial charge in [0.1, 0.15) is 18.4 Å². The number of nitriles is 1. The molecule has 0 spiro atoms. The van der Waals surface area contributed by atoms with E-state index in [4.69, 9.17) is 23.7 Å². The molecule has 12 nitrogen and oxygen atoms in total. The molecule has 264 valence electrons. The van der Waals surface area contributed by atoms with Gasteiger partial charge in [0.05, 0.1) is 25.3 Å². The maximum atomic E-state index is 13.4. The molecule has 3 aromatic rings. The summed E-state index contributed by atoms with van der Waals surface area (Å²) in [5.41, 5.74) is 5.25. The Kier molecular flexibility index (Phi) is 9.10. The second-order valence-corrected chi connectivity index (χ2v) is 13.2. The van der Waals surface area contributed by atoms with Crippen LogP contribution in [0.15, 0.2) is 55.1 Å². The van der Waals surface area contributed by atoms with E-state index in [-0.39, 0.29) is 43.4 Å². The van der Waals surface area contributed by atoms with Crippen LogP contribution in [0, 0.1) is 25.2 Å². The topological polar surface area (TPSA) is 143 Å². The van der Waals surface area contributed by atoms with Gasteiger partial charge in [-0.3, -0.25) is 14.6 Å². The van der Waals surface area contributed by atoms with E-state index >= 15 is 0 Å². The lowest BCUT2D eigenvalue weighted by Crippen LogP contribution is -2.68. The molecular formula is C39H40N4O8. The average Bonchev–Trinajstić information content (AvgIpc) is 3.62. The van der Waals surface area contributed by atoms with Gasteiger partial charge in [0.25, 0.3) is 0 Å².